The molecule has 3 heterocycles. The van der Waals surface area contributed by atoms with Gasteiger partial charge in [-0.15, -0.1) is 11.3 Å². The van der Waals surface area contributed by atoms with Crippen molar-refractivity contribution in [3.8, 4) is 0 Å². The van der Waals surface area contributed by atoms with Crippen molar-refractivity contribution in [1.29, 1.82) is 0 Å². The second kappa shape index (κ2) is 7.25. The van der Waals surface area contributed by atoms with Gasteiger partial charge in [0.2, 0.25) is 0 Å². The largest absolute Gasteiger partial charge is 0.379 e. The highest BCUT2D eigenvalue weighted by atomic mass is 32.1. The van der Waals surface area contributed by atoms with Gasteiger partial charge in [0.05, 0.1) is 25.3 Å². The molecule has 0 saturated carbocycles. The van der Waals surface area contributed by atoms with Gasteiger partial charge in [0.15, 0.2) is 5.82 Å². The fourth-order valence-corrected chi connectivity index (χ4v) is 3.49. The zero-order valence-corrected chi connectivity index (χ0v) is 14.3. The highest BCUT2D eigenvalue weighted by Gasteiger charge is 2.13. The Bertz CT molecular complexity index is 819. The monoisotopic (exact) mass is 340 g/mol. The summed E-state index contributed by atoms with van der Waals surface area (Å²) in [5.41, 5.74) is 0.998. The number of aliphatic imine (C=N–C) groups is 1. The molecule has 0 aliphatic carbocycles. The molecule has 0 bridgehead atoms. The van der Waals surface area contributed by atoms with Crippen LogP contribution in [0.1, 0.15) is 4.88 Å². The molecule has 0 atom stereocenters. The molecular formula is C18H20N4OS. The Labute approximate surface area is 145 Å². The van der Waals surface area contributed by atoms with E-state index in [-0.39, 0.29) is 0 Å². The van der Waals surface area contributed by atoms with Crippen molar-refractivity contribution < 1.29 is 4.74 Å². The van der Waals surface area contributed by atoms with Crippen LogP contribution in [0.3, 0.4) is 0 Å². The smallest absolute Gasteiger partial charge is 0.158 e. The summed E-state index contributed by atoms with van der Waals surface area (Å²) in [5.74, 6) is 0.937. The standard InChI is InChI=1S/C18H20N4OS/c1-2-6-17-16(5-1)18(19-14-15-4-3-13-24-15)22(20-17)8-7-21-9-11-23-12-10-21/h1-6,13-14H,7-12H2. The first-order chi connectivity index (χ1) is 11.9. The number of rotatable bonds is 5. The predicted octanol–water partition coefficient (Wildman–Crippen LogP) is 3.18. The van der Waals surface area contributed by atoms with Crippen LogP contribution in [0.15, 0.2) is 46.8 Å². The van der Waals surface area contributed by atoms with Crippen LogP contribution in [0.4, 0.5) is 5.82 Å². The average molecular weight is 340 g/mol. The van der Waals surface area contributed by atoms with Gasteiger partial charge in [0.25, 0.3) is 0 Å². The summed E-state index contributed by atoms with van der Waals surface area (Å²) in [5, 5.41) is 7.91. The van der Waals surface area contributed by atoms with E-state index < -0.39 is 0 Å². The maximum absolute atomic E-state index is 5.42. The molecule has 0 amide bonds. The number of hydrogen-bond acceptors (Lipinski definition) is 5. The molecule has 1 aromatic carbocycles. The van der Waals surface area contributed by atoms with E-state index in [9.17, 15) is 0 Å². The first-order valence-corrected chi connectivity index (χ1v) is 9.11. The molecule has 1 saturated heterocycles. The van der Waals surface area contributed by atoms with Crippen LogP contribution in [0.25, 0.3) is 10.9 Å². The quantitative estimate of drug-likeness (QED) is 0.670. The van der Waals surface area contributed by atoms with Crippen LogP contribution in [-0.2, 0) is 11.3 Å². The summed E-state index contributed by atoms with van der Waals surface area (Å²) >= 11 is 1.69. The van der Waals surface area contributed by atoms with Gasteiger partial charge < -0.3 is 4.74 Å². The zero-order chi connectivity index (χ0) is 16.2. The molecule has 6 heteroatoms. The van der Waals surface area contributed by atoms with Crippen LogP contribution < -0.4 is 0 Å². The van der Waals surface area contributed by atoms with Crippen LogP contribution in [-0.4, -0.2) is 53.7 Å². The summed E-state index contributed by atoms with van der Waals surface area (Å²) in [6, 6.07) is 12.3. The van der Waals surface area contributed by atoms with Crippen molar-refractivity contribution >= 4 is 34.3 Å². The van der Waals surface area contributed by atoms with E-state index in [1.807, 2.05) is 35.2 Å². The van der Waals surface area contributed by atoms with Crippen molar-refractivity contribution in [2.24, 2.45) is 4.99 Å². The van der Waals surface area contributed by atoms with Crippen LogP contribution in [0.2, 0.25) is 0 Å². The number of hydrogen-bond donors (Lipinski definition) is 0. The van der Waals surface area contributed by atoms with Gasteiger partial charge >= 0.3 is 0 Å². The third-order valence-electron chi connectivity index (χ3n) is 4.21. The highest BCUT2D eigenvalue weighted by Crippen LogP contribution is 2.26. The normalized spacial score (nSPS) is 16.3. The minimum atomic E-state index is 0.824. The Morgan fingerprint density at radius 1 is 1.12 bits per heavy atom. The molecule has 2 aromatic heterocycles. The molecule has 0 spiro atoms. The van der Waals surface area contributed by atoms with Crippen molar-refractivity contribution in [2.75, 3.05) is 32.8 Å². The molecule has 124 valence electrons. The Balaban J connectivity index is 1.59. The number of morpholine rings is 1. The van der Waals surface area contributed by atoms with Crippen LogP contribution >= 0.6 is 11.3 Å². The Hall–Kier alpha value is -2.02. The first kappa shape index (κ1) is 15.5. The van der Waals surface area contributed by atoms with Gasteiger partial charge in [-0.3, -0.25) is 4.90 Å². The first-order valence-electron chi connectivity index (χ1n) is 8.23. The molecule has 4 rings (SSSR count). The second-order valence-corrected chi connectivity index (χ2v) is 6.77. The van der Waals surface area contributed by atoms with Gasteiger partial charge in [-0.2, -0.15) is 5.10 Å². The van der Waals surface area contributed by atoms with E-state index in [0.29, 0.717) is 0 Å². The Kier molecular flexibility index (Phi) is 4.69. The molecule has 3 aromatic rings. The lowest BCUT2D eigenvalue weighted by atomic mass is 10.2. The van der Waals surface area contributed by atoms with E-state index in [1.165, 1.54) is 0 Å². The SMILES string of the molecule is C(=Nc1c2ccccc2nn1CCN1CCOCC1)c1cccs1. The fourth-order valence-electron chi connectivity index (χ4n) is 2.91. The highest BCUT2D eigenvalue weighted by molar-refractivity contribution is 7.11. The maximum Gasteiger partial charge on any atom is 0.158 e. The summed E-state index contributed by atoms with van der Waals surface area (Å²) in [4.78, 5) is 8.32. The molecular weight excluding hydrogens is 320 g/mol. The molecule has 1 aliphatic rings. The topological polar surface area (TPSA) is 42.7 Å². The lowest BCUT2D eigenvalue weighted by Gasteiger charge is -2.26. The average Bonchev–Trinajstić information content (AvgIpc) is 3.26. The van der Waals surface area contributed by atoms with Crippen LogP contribution in [0.5, 0.6) is 0 Å². The Morgan fingerprint density at radius 2 is 2.00 bits per heavy atom. The number of thiophene rings is 1. The van der Waals surface area contributed by atoms with Crippen molar-refractivity contribution in [2.45, 2.75) is 6.54 Å². The van der Waals surface area contributed by atoms with E-state index >= 15 is 0 Å². The third-order valence-corrected chi connectivity index (χ3v) is 5.01. The summed E-state index contributed by atoms with van der Waals surface area (Å²) in [6.07, 6.45) is 1.93. The van der Waals surface area contributed by atoms with Gasteiger partial charge in [-0.1, -0.05) is 18.2 Å². The number of fused-ring (bicyclic) bond motifs is 1. The number of aromatic nitrogens is 2. The zero-order valence-electron chi connectivity index (χ0n) is 13.5. The van der Waals surface area contributed by atoms with Crippen molar-refractivity contribution in [3.63, 3.8) is 0 Å². The second-order valence-electron chi connectivity index (χ2n) is 5.79. The van der Waals surface area contributed by atoms with E-state index in [4.69, 9.17) is 14.8 Å². The van der Waals surface area contributed by atoms with E-state index in [1.54, 1.807) is 11.3 Å². The molecule has 1 fully saturated rings. The lowest BCUT2D eigenvalue weighted by molar-refractivity contribution is 0.0360. The van der Waals surface area contributed by atoms with Gasteiger partial charge in [0.1, 0.15) is 0 Å². The summed E-state index contributed by atoms with van der Waals surface area (Å²) < 4.78 is 7.45. The van der Waals surface area contributed by atoms with E-state index in [0.717, 1.165) is 61.0 Å². The lowest BCUT2D eigenvalue weighted by Crippen LogP contribution is -2.38. The molecule has 5 nitrogen and oxygen atoms in total. The van der Waals surface area contributed by atoms with E-state index in [2.05, 4.69) is 22.4 Å². The van der Waals surface area contributed by atoms with Crippen molar-refractivity contribution in [1.82, 2.24) is 14.7 Å². The van der Waals surface area contributed by atoms with Gasteiger partial charge in [-0.05, 0) is 23.6 Å². The maximum atomic E-state index is 5.42. The van der Waals surface area contributed by atoms with Crippen molar-refractivity contribution in [3.05, 3.63) is 46.7 Å². The Morgan fingerprint density at radius 3 is 2.83 bits per heavy atom. The predicted molar refractivity (Wildman–Crippen MR) is 98.6 cm³/mol. The number of benzene rings is 1. The van der Waals surface area contributed by atoms with Crippen LogP contribution in [0, 0.1) is 0 Å². The van der Waals surface area contributed by atoms with Gasteiger partial charge in [-0.25, -0.2) is 9.67 Å². The summed E-state index contributed by atoms with van der Waals surface area (Å²) in [7, 11) is 0. The summed E-state index contributed by atoms with van der Waals surface area (Å²) in [6.45, 7) is 5.45. The molecule has 0 radical (unpaired) electrons. The minimum absolute atomic E-state index is 0.824. The third kappa shape index (κ3) is 3.40. The fraction of sp³-hybridized carbons (Fsp3) is 0.333. The molecule has 0 N–H and O–H groups in total. The van der Waals surface area contributed by atoms with Gasteiger partial charge in [0, 0.05) is 36.1 Å². The molecule has 1 aliphatic heterocycles. The minimum Gasteiger partial charge on any atom is -0.379 e. The molecule has 24 heavy (non-hydrogen) atoms. The number of ether oxygens (including phenoxy) is 1. The molecule has 0 unspecified atom stereocenters. The number of nitrogens with zero attached hydrogens (tertiary/aromatic N) is 4.